The second-order valence-corrected chi connectivity index (χ2v) is 8.45. The summed E-state index contributed by atoms with van der Waals surface area (Å²) in [7, 11) is 0. The first kappa shape index (κ1) is 23.1. The first-order valence-corrected chi connectivity index (χ1v) is 11.2. The van der Waals surface area contributed by atoms with Gasteiger partial charge in [0.25, 0.3) is 0 Å². The Morgan fingerprint density at radius 3 is 1.68 bits per heavy atom. The highest BCUT2D eigenvalue weighted by molar-refractivity contribution is 9.15. The topological polar surface area (TPSA) is 52.6 Å². The van der Waals surface area contributed by atoms with E-state index in [1.807, 2.05) is 0 Å². The summed E-state index contributed by atoms with van der Waals surface area (Å²) in [6.07, 6.45) is 5.29. The maximum Gasteiger partial charge on any atom is 0.340 e. The van der Waals surface area contributed by atoms with Crippen LogP contribution in [-0.2, 0) is 9.47 Å². The third-order valence-electron chi connectivity index (χ3n) is 3.43. The van der Waals surface area contributed by atoms with E-state index in [-0.39, 0.29) is 17.7 Å². The zero-order valence-electron chi connectivity index (χ0n) is 14.1. The average Bonchev–Trinajstić information content (AvgIpc) is 2.58. The van der Waals surface area contributed by atoms with Gasteiger partial charge in [0.2, 0.25) is 0 Å². The van der Waals surface area contributed by atoms with E-state index in [4.69, 9.17) is 9.47 Å². The minimum Gasteiger partial charge on any atom is -0.462 e. The monoisotopic (exact) mass is 604 g/mol. The zero-order chi connectivity index (χ0) is 19.0. The van der Waals surface area contributed by atoms with E-state index in [1.165, 1.54) is 6.42 Å². The number of hydrogen-bond acceptors (Lipinski definition) is 4. The van der Waals surface area contributed by atoms with E-state index < -0.39 is 11.9 Å². The molecule has 0 N–H and O–H groups in total. The number of benzene rings is 1. The molecule has 0 fully saturated rings. The lowest BCUT2D eigenvalue weighted by molar-refractivity contribution is 0.0460. The van der Waals surface area contributed by atoms with Crippen molar-refractivity contribution in [3.63, 3.8) is 0 Å². The van der Waals surface area contributed by atoms with Gasteiger partial charge in [-0.15, -0.1) is 0 Å². The van der Waals surface area contributed by atoms with Crippen molar-refractivity contribution in [3.8, 4) is 0 Å². The number of carbonyl (C=O) groups excluding carboxylic acids is 2. The maximum absolute atomic E-state index is 12.6. The van der Waals surface area contributed by atoms with Crippen LogP contribution in [-0.4, -0.2) is 25.2 Å². The summed E-state index contributed by atoms with van der Waals surface area (Å²) in [4.78, 5) is 24.9. The second kappa shape index (κ2) is 11.7. The summed E-state index contributed by atoms with van der Waals surface area (Å²) in [5.41, 5.74) is 0.286. The predicted molar refractivity (Wildman–Crippen MR) is 112 cm³/mol. The molecule has 0 heterocycles. The first-order chi connectivity index (χ1) is 11.9. The Labute approximate surface area is 181 Å². The Hall–Kier alpha value is 0.0800. The van der Waals surface area contributed by atoms with Gasteiger partial charge in [0.05, 0.1) is 24.3 Å². The minimum absolute atomic E-state index is 0.139. The molecule has 0 saturated carbocycles. The molecular weight excluding hydrogens is 588 g/mol. The number of carbonyl (C=O) groups is 2. The predicted octanol–water partition coefficient (Wildman–Crippen LogP) is 7.04. The summed E-state index contributed by atoms with van der Waals surface area (Å²) in [5.74, 6) is -1.14. The van der Waals surface area contributed by atoms with Gasteiger partial charge in [0.15, 0.2) is 0 Å². The standard InChI is InChI=1S/C17H20Br4O4/c1-3-5-6-7-8-9-25-17(23)11-10(16(22)24-4-2)12(18)14(20)15(21)13(11)19/h3-9H2,1-2H3. The number of ether oxygens (including phenoxy) is 2. The van der Waals surface area contributed by atoms with Crippen LogP contribution in [0.5, 0.6) is 0 Å². The van der Waals surface area contributed by atoms with Gasteiger partial charge in [0, 0.05) is 17.9 Å². The molecule has 0 aliphatic carbocycles. The highest BCUT2D eigenvalue weighted by Gasteiger charge is 2.29. The molecule has 1 aromatic rings. The van der Waals surface area contributed by atoms with Crippen LogP contribution in [0.4, 0.5) is 0 Å². The Morgan fingerprint density at radius 2 is 1.20 bits per heavy atom. The summed E-state index contributed by atoms with van der Waals surface area (Å²) in [6, 6.07) is 0. The molecule has 0 aliphatic rings. The van der Waals surface area contributed by atoms with Crippen molar-refractivity contribution in [1.82, 2.24) is 0 Å². The van der Waals surface area contributed by atoms with Gasteiger partial charge in [-0.3, -0.25) is 0 Å². The number of rotatable bonds is 9. The molecule has 0 amide bonds. The quantitative estimate of drug-likeness (QED) is 0.131. The lowest BCUT2D eigenvalue weighted by Crippen LogP contribution is -2.17. The molecule has 140 valence electrons. The van der Waals surface area contributed by atoms with Crippen molar-refractivity contribution in [2.75, 3.05) is 13.2 Å². The molecule has 0 radical (unpaired) electrons. The van der Waals surface area contributed by atoms with Crippen LogP contribution >= 0.6 is 63.7 Å². The zero-order valence-corrected chi connectivity index (χ0v) is 20.4. The van der Waals surface area contributed by atoms with Crippen LogP contribution in [0.3, 0.4) is 0 Å². The summed E-state index contributed by atoms with van der Waals surface area (Å²) >= 11 is 13.5. The fraction of sp³-hybridized carbons (Fsp3) is 0.529. The Bertz CT molecular complexity index is 632. The van der Waals surface area contributed by atoms with Crippen LogP contribution in [0.1, 0.15) is 66.7 Å². The van der Waals surface area contributed by atoms with Gasteiger partial charge in [-0.2, -0.15) is 0 Å². The molecule has 1 aromatic carbocycles. The molecule has 25 heavy (non-hydrogen) atoms. The Kier molecular flexibility index (Phi) is 10.8. The highest BCUT2D eigenvalue weighted by atomic mass is 79.9. The Morgan fingerprint density at radius 1 is 0.720 bits per heavy atom. The number of hydrogen-bond donors (Lipinski definition) is 0. The number of halogens is 4. The SMILES string of the molecule is CCCCCCCOC(=O)c1c(Br)c(Br)c(Br)c(Br)c1C(=O)OCC. The van der Waals surface area contributed by atoms with Crippen LogP contribution in [0.2, 0.25) is 0 Å². The molecule has 4 nitrogen and oxygen atoms in total. The van der Waals surface area contributed by atoms with Crippen molar-refractivity contribution >= 4 is 75.7 Å². The fourth-order valence-corrected chi connectivity index (χ4v) is 4.60. The second-order valence-electron chi connectivity index (χ2n) is 5.28. The van der Waals surface area contributed by atoms with Gasteiger partial charge < -0.3 is 9.47 Å². The smallest absolute Gasteiger partial charge is 0.340 e. The van der Waals surface area contributed by atoms with Gasteiger partial charge >= 0.3 is 11.9 Å². The first-order valence-electron chi connectivity index (χ1n) is 8.06. The van der Waals surface area contributed by atoms with Crippen LogP contribution in [0, 0.1) is 0 Å². The molecule has 8 heteroatoms. The number of unbranched alkanes of at least 4 members (excludes halogenated alkanes) is 4. The molecule has 1 rings (SSSR count). The van der Waals surface area contributed by atoms with E-state index in [2.05, 4.69) is 70.6 Å². The Balaban J connectivity index is 3.03. The van der Waals surface area contributed by atoms with Crippen molar-refractivity contribution in [2.45, 2.75) is 46.0 Å². The summed E-state index contributed by atoms with van der Waals surface area (Å²) < 4.78 is 12.6. The highest BCUT2D eigenvalue weighted by Crippen LogP contribution is 2.42. The molecule has 0 spiro atoms. The van der Waals surface area contributed by atoms with E-state index in [9.17, 15) is 9.59 Å². The third kappa shape index (κ3) is 6.33. The lowest BCUT2D eigenvalue weighted by Gasteiger charge is -2.15. The molecule has 0 atom stereocenters. The lowest BCUT2D eigenvalue weighted by atomic mass is 10.1. The molecule has 0 bridgehead atoms. The van der Waals surface area contributed by atoms with Crippen LogP contribution < -0.4 is 0 Å². The molecule has 0 saturated heterocycles. The normalized spacial score (nSPS) is 10.6. The maximum atomic E-state index is 12.6. The van der Waals surface area contributed by atoms with Gasteiger partial charge in [-0.1, -0.05) is 32.6 Å². The third-order valence-corrected chi connectivity index (χ3v) is 8.20. The molecule has 0 unspecified atom stereocenters. The number of esters is 2. The van der Waals surface area contributed by atoms with Crippen LogP contribution in [0.25, 0.3) is 0 Å². The van der Waals surface area contributed by atoms with Crippen molar-refractivity contribution in [3.05, 3.63) is 29.0 Å². The molecular formula is C17H20Br4O4. The van der Waals surface area contributed by atoms with Crippen molar-refractivity contribution in [1.29, 1.82) is 0 Å². The van der Waals surface area contributed by atoms with E-state index in [0.717, 1.165) is 25.7 Å². The molecule has 0 aliphatic heterocycles. The van der Waals surface area contributed by atoms with E-state index in [0.29, 0.717) is 24.5 Å². The van der Waals surface area contributed by atoms with Gasteiger partial charge in [-0.25, -0.2) is 9.59 Å². The van der Waals surface area contributed by atoms with E-state index in [1.54, 1.807) is 6.92 Å². The van der Waals surface area contributed by atoms with E-state index >= 15 is 0 Å². The van der Waals surface area contributed by atoms with Crippen molar-refractivity contribution in [2.24, 2.45) is 0 Å². The van der Waals surface area contributed by atoms with Gasteiger partial charge in [0.1, 0.15) is 0 Å². The summed E-state index contributed by atoms with van der Waals surface area (Å²) in [6.45, 7) is 4.39. The van der Waals surface area contributed by atoms with Crippen molar-refractivity contribution < 1.29 is 19.1 Å². The average molecular weight is 608 g/mol. The molecule has 0 aromatic heterocycles. The largest absolute Gasteiger partial charge is 0.462 e. The fourth-order valence-electron chi connectivity index (χ4n) is 2.16. The van der Waals surface area contributed by atoms with Gasteiger partial charge in [-0.05, 0) is 77.1 Å². The summed E-state index contributed by atoms with van der Waals surface area (Å²) in [5, 5.41) is 0. The van der Waals surface area contributed by atoms with Crippen LogP contribution in [0.15, 0.2) is 17.9 Å². The minimum atomic E-state index is -0.585.